The molecule has 0 aromatic heterocycles. The fourth-order valence-corrected chi connectivity index (χ4v) is 7.85. The summed E-state index contributed by atoms with van der Waals surface area (Å²) in [4.78, 5) is 0. The van der Waals surface area contributed by atoms with E-state index >= 15 is 0 Å². The predicted octanol–water partition coefficient (Wildman–Crippen LogP) is 9.05. The van der Waals surface area contributed by atoms with Crippen LogP contribution in [-0.2, 0) is 0 Å². The molecule has 0 aromatic rings. The van der Waals surface area contributed by atoms with Gasteiger partial charge in [0.1, 0.15) is 0 Å². The van der Waals surface area contributed by atoms with Crippen molar-refractivity contribution in [3.05, 3.63) is 11.6 Å². The van der Waals surface area contributed by atoms with Crippen molar-refractivity contribution >= 4 is 0 Å². The molecule has 2 saturated carbocycles. The average molecular weight is 387 g/mol. The predicted molar refractivity (Wildman–Crippen MR) is 124 cm³/mol. The molecule has 7 atom stereocenters. The first kappa shape index (κ1) is 22.4. The minimum atomic E-state index is 0.533. The Morgan fingerprint density at radius 3 is 2.50 bits per heavy atom. The van der Waals surface area contributed by atoms with Crippen LogP contribution in [-0.4, -0.2) is 0 Å². The van der Waals surface area contributed by atoms with E-state index in [-0.39, 0.29) is 0 Å². The highest BCUT2D eigenvalue weighted by molar-refractivity contribution is 5.21. The molecule has 3 rings (SSSR count). The monoisotopic (exact) mass is 386 g/mol. The summed E-state index contributed by atoms with van der Waals surface area (Å²) < 4.78 is 0. The Balaban J connectivity index is 1.69. The van der Waals surface area contributed by atoms with E-state index in [9.17, 15) is 0 Å². The SMILES string of the molecule is CCC1(C)C(C(C)CCCC(C)C)CCC1C1CC=C2CC(C)CCC2(C)C1. The van der Waals surface area contributed by atoms with Crippen molar-refractivity contribution in [1.29, 1.82) is 0 Å². The molecule has 0 bridgehead atoms. The van der Waals surface area contributed by atoms with Gasteiger partial charge in [0.05, 0.1) is 0 Å². The van der Waals surface area contributed by atoms with Crippen LogP contribution in [0.5, 0.6) is 0 Å². The fourth-order valence-electron chi connectivity index (χ4n) is 7.85. The summed E-state index contributed by atoms with van der Waals surface area (Å²) in [6.07, 6.45) is 18.6. The zero-order valence-electron chi connectivity index (χ0n) is 20.3. The standard InChI is InChI=1S/C28H50/c1-8-28(7)25(22(5)11-9-10-20(2)3)14-15-26(28)23-12-13-24-18-21(4)16-17-27(24,6)19-23/h13,20-23,25-26H,8-12,14-19H2,1-7H3. The largest absolute Gasteiger partial charge is 0.0845 e. The van der Waals surface area contributed by atoms with Crippen LogP contribution in [0, 0.1) is 46.3 Å². The normalized spacial score (nSPS) is 42.4. The van der Waals surface area contributed by atoms with Gasteiger partial charge in [0, 0.05) is 0 Å². The van der Waals surface area contributed by atoms with E-state index in [4.69, 9.17) is 0 Å². The second-order valence-electron chi connectivity index (χ2n) is 12.3. The van der Waals surface area contributed by atoms with E-state index in [1.54, 1.807) is 0 Å². The van der Waals surface area contributed by atoms with E-state index < -0.39 is 0 Å². The molecule has 3 aliphatic rings. The van der Waals surface area contributed by atoms with Gasteiger partial charge in [-0.05, 0) is 91.3 Å². The van der Waals surface area contributed by atoms with Gasteiger partial charge in [-0.2, -0.15) is 0 Å². The van der Waals surface area contributed by atoms with Gasteiger partial charge in [-0.15, -0.1) is 0 Å². The molecule has 0 aliphatic heterocycles. The Kier molecular flexibility index (Phi) is 7.09. The highest BCUT2D eigenvalue weighted by Gasteiger charge is 2.51. The quantitative estimate of drug-likeness (QED) is 0.383. The molecule has 7 unspecified atom stereocenters. The lowest BCUT2D eigenvalue weighted by molar-refractivity contribution is 0.0459. The van der Waals surface area contributed by atoms with Gasteiger partial charge in [0.2, 0.25) is 0 Å². The van der Waals surface area contributed by atoms with E-state index in [0.29, 0.717) is 10.8 Å². The van der Waals surface area contributed by atoms with Crippen molar-refractivity contribution in [2.45, 2.75) is 119 Å². The van der Waals surface area contributed by atoms with Gasteiger partial charge in [0.15, 0.2) is 0 Å². The first-order valence-electron chi connectivity index (χ1n) is 12.9. The summed E-state index contributed by atoms with van der Waals surface area (Å²) in [5, 5.41) is 0. The minimum absolute atomic E-state index is 0.533. The van der Waals surface area contributed by atoms with Crippen molar-refractivity contribution in [2.75, 3.05) is 0 Å². The molecule has 3 aliphatic carbocycles. The van der Waals surface area contributed by atoms with E-state index in [2.05, 4.69) is 54.5 Å². The maximum absolute atomic E-state index is 2.72. The molecule has 0 nitrogen and oxygen atoms in total. The van der Waals surface area contributed by atoms with Crippen molar-refractivity contribution in [3.8, 4) is 0 Å². The second kappa shape index (κ2) is 8.85. The molecular formula is C28H50. The molecule has 0 radical (unpaired) electrons. The molecule has 2 fully saturated rings. The van der Waals surface area contributed by atoms with E-state index in [0.717, 1.165) is 35.5 Å². The van der Waals surface area contributed by atoms with Crippen LogP contribution >= 0.6 is 0 Å². The van der Waals surface area contributed by atoms with Gasteiger partial charge < -0.3 is 0 Å². The molecule has 0 aromatic carbocycles. The highest BCUT2D eigenvalue weighted by Crippen LogP contribution is 2.61. The maximum Gasteiger partial charge on any atom is -0.0113 e. The fraction of sp³-hybridized carbons (Fsp3) is 0.929. The zero-order valence-corrected chi connectivity index (χ0v) is 20.3. The third-order valence-electron chi connectivity index (χ3n) is 9.85. The average Bonchev–Trinajstić information content (AvgIpc) is 2.99. The smallest absolute Gasteiger partial charge is 0.0113 e. The first-order valence-corrected chi connectivity index (χ1v) is 12.9. The molecule has 0 saturated heterocycles. The van der Waals surface area contributed by atoms with Crippen molar-refractivity contribution in [1.82, 2.24) is 0 Å². The molecule has 28 heavy (non-hydrogen) atoms. The maximum atomic E-state index is 2.72. The van der Waals surface area contributed by atoms with Crippen LogP contribution in [0.2, 0.25) is 0 Å². The summed E-state index contributed by atoms with van der Waals surface area (Å²) in [7, 11) is 0. The Bertz CT molecular complexity index is 542. The Morgan fingerprint density at radius 2 is 1.82 bits per heavy atom. The van der Waals surface area contributed by atoms with Crippen molar-refractivity contribution in [2.24, 2.45) is 46.3 Å². The van der Waals surface area contributed by atoms with Crippen LogP contribution in [0.15, 0.2) is 11.6 Å². The Morgan fingerprint density at radius 1 is 1.07 bits per heavy atom. The van der Waals surface area contributed by atoms with Crippen LogP contribution in [0.1, 0.15) is 119 Å². The van der Waals surface area contributed by atoms with Crippen LogP contribution in [0.4, 0.5) is 0 Å². The molecule has 0 N–H and O–H groups in total. The number of hydrogen-bond donors (Lipinski definition) is 0. The molecule has 0 heterocycles. The molecule has 0 amide bonds. The van der Waals surface area contributed by atoms with Gasteiger partial charge in [0.25, 0.3) is 0 Å². The van der Waals surface area contributed by atoms with Crippen LogP contribution in [0.25, 0.3) is 0 Å². The molecule has 0 spiro atoms. The molecule has 162 valence electrons. The third-order valence-corrected chi connectivity index (χ3v) is 9.85. The topological polar surface area (TPSA) is 0 Å². The van der Waals surface area contributed by atoms with Gasteiger partial charge >= 0.3 is 0 Å². The lowest BCUT2D eigenvalue weighted by Gasteiger charge is -2.49. The second-order valence-corrected chi connectivity index (χ2v) is 12.3. The number of fused-ring (bicyclic) bond motifs is 1. The summed E-state index contributed by atoms with van der Waals surface area (Å²) in [5.74, 6) is 5.56. The van der Waals surface area contributed by atoms with Crippen molar-refractivity contribution in [3.63, 3.8) is 0 Å². The van der Waals surface area contributed by atoms with E-state index in [1.807, 2.05) is 5.57 Å². The Labute approximate surface area is 177 Å². The highest BCUT2D eigenvalue weighted by atomic mass is 14.6. The van der Waals surface area contributed by atoms with E-state index in [1.165, 1.54) is 70.6 Å². The van der Waals surface area contributed by atoms with Gasteiger partial charge in [-0.25, -0.2) is 0 Å². The lowest BCUT2D eigenvalue weighted by Crippen LogP contribution is -2.40. The van der Waals surface area contributed by atoms with Crippen molar-refractivity contribution < 1.29 is 0 Å². The van der Waals surface area contributed by atoms with Gasteiger partial charge in [-0.1, -0.05) is 85.8 Å². The van der Waals surface area contributed by atoms with Gasteiger partial charge in [-0.3, -0.25) is 0 Å². The summed E-state index contributed by atoms with van der Waals surface area (Å²) >= 11 is 0. The minimum Gasteiger partial charge on any atom is -0.0845 e. The lowest BCUT2D eigenvalue weighted by atomic mass is 9.56. The third kappa shape index (κ3) is 4.41. The zero-order chi connectivity index (χ0) is 20.5. The Hall–Kier alpha value is -0.260. The summed E-state index contributed by atoms with van der Waals surface area (Å²) in [5.41, 5.74) is 2.94. The van der Waals surface area contributed by atoms with Crippen LogP contribution in [0.3, 0.4) is 0 Å². The number of hydrogen-bond acceptors (Lipinski definition) is 0. The summed E-state index contributed by atoms with van der Waals surface area (Å²) in [6.45, 7) is 17.6. The van der Waals surface area contributed by atoms with Crippen LogP contribution < -0.4 is 0 Å². The molecule has 0 heteroatoms. The number of rotatable bonds is 7. The summed E-state index contributed by atoms with van der Waals surface area (Å²) in [6, 6.07) is 0. The first-order chi connectivity index (χ1) is 13.2. The molecular weight excluding hydrogens is 336 g/mol. The number of allylic oxidation sites excluding steroid dienone is 2.